The van der Waals surface area contributed by atoms with Crippen molar-refractivity contribution in [2.75, 3.05) is 18.1 Å². The van der Waals surface area contributed by atoms with Crippen molar-refractivity contribution in [1.82, 2.24) is 20.2 Å². The van der Waals surface area contributed by atoms with Crippen LogP contribution in [0.5, 0.6) is 0 Å². The first-order chi connectivity index (χ1) is 10.2. The summed E-state index contributed by atoms with van der Waals surface area (Å²) in [5.74, 6) is -0.227. The summed E-state index contributed by atoms with van der Waals surface area (Å²) in [6.07, 6.45) is 6.50. The van der Waals surface area contributed by atoms with Gasteiger partial charge in [0.25, 0.3) is 5.91 Å². The van der Waals surface area contributed by atoms with Crippen LogP contribution in [0, 0.1) is 6.92 Å². The fourth-order valence-electron chi connectivity index (χ4n) is 2.18. The number of carbonyl (C=O) groups excluding carboxylic acids is 1. The van der Waals surface area contributed by atoms with Gasteiger partial charge in [-0.3, -0.25) is 14.7 Å². The molecule has 8 heteroatoms. The van der Waals surface area contributed by atoms with Crippen LogP contribution in [0.3, 0.4) is 0 Å². The number of anilines is 1. The SMILES string of the molecule is Cc1nnc(N(CC2CCCO2)C(=O)c2cnccn2)s1. The van der Waals surface area contributed by atoms with Gasteiger partial charge in [0.2, 0.25) is 5.13 Å². The molecule has 0 aliphatic carbocycles. The summed E-state index contributed by atoms with van der Waals surface area (Å²) in [5.41, 5.74) is 0.295. The van der Waals surface area contributed by atoms with Gasteiger partial charge in [0.15, 0.2) is 0 Å². The van der Waals surface area contributed by atoms with Gasteiger partial charge in [-0.05, 0) is 19.8 Å². The average molecular weight is 305 g/mol. The molecule has 0 aromatic carbocycles. The minimum atomic E-state index is -0.227. The Kier molecular flexibility index (Phi) is 4.16. The van der Waals surface area contributed by atoms with Gasteiger partial charge in [-0.1, -0.05) is 11.3 Å². The highest BCUT2D eigenvalue weighted by molar-refractivity contribution is 7.15. The Bertz CT molecular complexity index is 612. The molecule has 1 amide bonds. The lowest BCUT2D eigenvalue weighted by Crippen LogP contribution is -2.38. The zero-order chi connectivity index (χ0) is 14.7. The van der Waals surface area contributed by atoms with Gasteiger partial charge in [-0.15, -0.1) is 10.2 Å². The Morgan fingerprint density at radius 2 is 2.38 bits per heavy atom. The van der Waals surface area contributed by atoms with Gasteiger partial charge < -0.3 is 4.74 Å². The maximum Gasteiger partial charge on any atom is 0.280 e. The van der Waals surface area contributed by atoms with Crippen molar-refractivity contribution in [1.29, 1.82) is 0 Å². The van der Waals surface area contributed by atoms with Crippen LogP contribution in [-0.2, 0) is 4.74 Å². The van der Waals surface area contributed by atoms with Gasteiger partial charge in [-0.25, -0.2) is 4.98 Å². The first-order valence-electron chi connectivity index (χ1n) is 6.73. The van der Waals surface area contributed by atoms with E-state index < -0.39 is 0 Å². The highest BCUT2D eigenvalue weighted by atomic mass is 32.1. The van der Waals surface area contributed by atoms with Crippen LogP contribution < -0.4 is 4.90 Å². The summed E-state index contributed by atoms with van der Waals surface area (Å²) < 4.78 is 5.62. The first kappa shape index (κ1) is 14.0. The molecule has 1 unspecified atom stereocenters. The molecule has 2 aromatic rings. The third-order valence-electron chi connectivity index (χ3n) is 3.18. The summed E-state index contributed by atoms with van der Waals surface area (Å²) in [5, 5.41) is 9.44. The lowest BCUT2D eigenvalue weighted by Gasteiger charge is -2.22. The zero-order valence-electron chi connectivity index (χ0n) is 11.6. The number of hydrogen-bond acceptors (Lipinski definition) is 7. The van der Waals surface area contributed by atoms with Crippen molar-refractivity contribution >= 4 is 22.4 Å². The molecular formula is C13H15N5O2S. The van der Waals surface area contributed by atoms with E-state index in [0.29, 0.717) is 17.4 Å². The third-order valence-corrected chi connectivity index (χ3v) is 4.05. The molecule has 1 aliphatic heterocycles. The number of aromatic nitrogens is 4. The Hall–Kier alpha value is -1.93. The fourth-order valence-corrected chi connectivity index (χ4v) is 2.88. The third kappa shape index (κ3) is 3.22. The van der Waals surface area contributed by atoms with E-state index in [1.165, 1.54) is 29.9 Å². The lowest BCUT2D eigenvalue weighted by atomic mass is 10.2. The monoisotopic (exact) mass is 305 g/mol. The van der Waals surface area contributed by atoms with E-state index in [-0.39, 0.29) is 12.0 Å². The van der Waals surface area contributed by atoms with Crippen molar-refractivity contribution in [3.63, 3.8) is 0 Å². The maximum absolute atomic E-state index is 12.6. The fraction of sp³-hybridized carbons (Fsp3) is 0.462. The lowest BCUT2D eigenvalue weighted by molar-refractivity contribution is 0.0912. The highest BCUT2D eigenvalue weighted by Gasteiger charge is 2.27. The van der Waals surface area contributed by atoms with Crippen molar-refractivity contribution in [3.8, 4) is 0 Å². The largest absolute Gasteiger partial charge is 0.376 e. The van der Waals surface area contributed by atoms with E-state index in [0.717, 1.165) is 24.5 Å². The van der Waals surface area contributed by atoms with E-state index in [2.05, 4.69) is 20.2 Å². The van der Waals surface area contributed by atoms with Crippen molar-refractivity contribution in [2.24, 2.45) is 0 Å². The van der Waals surface area contributed by atoms with Gasteiger partial charge >= 0.3 is 0 Å². The Morgan fingerprint density at radius 1 is 1.48 bits per heavy atom. The van der Waals surface area contributed by atoms with Crippen molar-refractivity contribution in [3.05, 3.63) is 29.3 Å². The zero-order valence-corrected chi connectivity index (χ0v) is 12.4. The Labute approximate surface area is 126 Å². The summed E-state index contributed by atoms with van der Waals surface area (Å²) in [7, 11) is 0. The number of amides is 1. The maximum atomic E-state index is 12.6. The molecule has 0 radical (unpaired) electrons. The highest BCUT2D eigenvalue weighted by Crippen LogP contribution is 2.24. The van der Waals surface area contributed by atoms with Gasteiger partial charge in [0.05, 0.1) is 18.8 Å². The summed E-state index contributed by atoms with van der Waals surface area (Å²) in [4.78, 5) is 22.3. The van der Waals surface area contributed by atoms with E-state index >= 15 is 0 Å². The van der Waals surface area contributed by atoms with E-state index in [4.69, 9.17) is 4.74 Å². The van der Waals surface area contributed by atoms with Crippen LogP contribution in [0.4, 0.5) is 5.13 Å². The molecule has 1 saturated heterocycles. The van der Waals surface area contributed by atoms with Crippen LogP contribution in [0.1, 0.15) is 28.3 Å². The standard InChI is InChI=1S/C13H15N5O2S/c1-9-16-17-13(21-9)18(8-10-3-2-6-20-10)12(19)11-7-14-4-5-15-11/h4-5,7,10H,2-3,6,8H2,1H3. The summed E-state index contributed by atoms with van der Waals surface area (Å²) in [6, 6.07) is 0. The molecule has 1 atom stereocenters. The minimum absolute atomic E-state index is 0.0369. The molecule has 3 heterocycles. The molecule has 1 aliphatic rings. The number of aryl methyl sites for hydroxylation is 1. The van der Waals surface area contributed by atoms with Crippen molar-refractivity contribution in [2.45, 2.75) is 25.9 Å². The van der Waals surface area contributed by atoms with E-state index in [1.54, 1.807) is 4.90 Å². The van der Waals surface area contributed by atoms with Crippen LogP contribution >= 0.6 is 11.3 Å². The molecule has 0 bridgehead atoms. The van der Waals surface area contributed by atoms with Crippen molar-refractivity contribution < 1.29 is 9.53 Å². The first-order valence-corrected chi connectivity index (χ1v) is 7.55. The van der Waals surface area contributed by atoms with Crippen LogP contribution in [-0.4, -0.2) is 45.3 Å². The van der Waals surface area contributed by atoms with Gasteiger partial charge in [-0.2, -0.15) is 0 Å². The van der Waals surface area contributed by atoms with Crippen LogP contribution in [0.15, 0.2) is 18.6 Å². The Balaban J connectivity index is 1.86. The normalized spacial score (nSPS) is 17.9. The minimum Gasteiger partial charge on any atom is -0.376 e. The Morgan fingerprint density at radius 3 is 3.00 bits per heavy atom. The number of carbonyl (C=O) groups is 1. The van der Waals surface area contributed by atoms with Crippen LogP contribution in [0.25, 0.3) is 0 Å². The molecule has 0 N–H and O–H groups in total. The van der Waals surface area contributed by atoms with E-state index in [9.17, 15) is 4.79 Å². The molecule has 110 valence electrons. The molecule has 0 saturated carbocycles. The molecule has 7 nitrogen and oxygen atoms in total. The number of rotatable bonds is 4. The molecular weight excluding hydrogens is 290 g/mol. The quantitative estimate of drug-likeness (QED) is 0.850. The van der Waals surface area contributed by atoms with Crippen LogP contribution in [0.2, 0.25) is 0 Å². The number of ether oxygens (including phenoxy) is 1. The number of nitrogens with zero attached hydrogens (tertiary/aromatic N) is 5. The summed E-state index contributed by atoms with van der Waals surface area (Å²) in [6.45, 7) is 3.06. The molecule has 2 aromatic heterocycles. The second-order valence-electron chi connectivity index (χ2n) is 4.75. The predicted molar refractivity (Wildman–Crippen MR) is 77.3 cm³/mol. The summed E-state index contributed by atoms with van der Waals surface area (Å²) >= 11 is 1.38. The second-order valence-corrected chi connectivity index (χ2v) is 5.91. The number of hydrogen-bond donors (Lipinski definition) is 0. The second kappa shape index (κ2) is 6.23. The topological polar surface area (TPSA) is 81.1 Å². The molecule has 1 fully saturated rings. The molecule has 0 spiro atoms. The molecule has 3 rings (SSSR count). The molecule has 21 heavy (non-hydrogen) atoms. The smallest absolute Gasteiger partial charge is 0.280 e. The van der Waals surface area contributed by atoms with E-state index in [1.807, 2.05) is 6.92 Å². The van der Waals surface area contributed by atoms with Gasteiger partial charge in [0, 0.05) is 19.0 Å². The average Bonchev–Trinajstić information content (AvgIpc) is 3.16. The predicted octanol–water partition coefficient (Wildman–Crippen LogP) is 1.46. The van der Waals surface area contributed by atoms with Gasteiger partial charge in [0.1, 0.15) is 10.7 Å².